The molecule has 0 radical (unpaired) electrons. The van der Waals surface area contributed by atoms with Gasteiger partial charge in [-0.2, -0.15) is 0 Å². The van der Waals surface area contributed by atoms with Crippen LogP contribution in [0, 0.1) is 6.92 Å². The zero-order valence-corrected chi connectivity index (χ0v) is 14.3. The number of aryl methyl sites for hydroxylation is 2. The minimum absolute atomic E-state index is 0.832. The van der Waals surface area contributed by atoms with Gasteiger partial charge in [-0.15, -0.1) is 0 Å². The highest BCUT2D eigenvalue weighted by molar-refractivity contribution is 9.10. The number of aromatic nitrogens is 4. The van der Waals surface area contributed by atoms with Crippen molar-refractivity contribution in [3.8, 4) is 0 Å². The smallest absolute Gasteiger partial charge is 0.117 e. The van der Waals surface area contributed by atoms with E-state index in [0.29, 0.717) is 0 Å². The lowest BCUT2D eigenvalue weighted by molar-refractivity contribution is 0.824. The van der Waals surface area contributed by atoms with Gasteiger partial charge in [-0.05, 0) is 31.2 Å². The number of fused-ring (bicyclic) bond motifs is 2. The van der Waals surface area contributed by atoms with Gasteiger partial charge in [0.25, 0.3) is 0 Å². The number of hydrogen-bond donors (Lipinski definition) is 1. The second-order valence-corrected chi connectivity index (χ2v) is 6.38. The predicted molar refractivity (Wildman–Crippen MR) is 96.0 cm³/mol. The van der Waals surface area contributed by atoms with Gasteiger partial charge in [-0.25, -0.2) is 15.0 Å². The van der Waals surface area contributed by atoms with E-state index in [0.717, 1.165) is 43.6 Å². The molecule has 1 N–H and O–H groups in total. The molecule has 0 fully saturated rings. The summed E-state index contributed by atoms with van der Waals surface area (Å²) in [6.45, 7) is 1.99. The first-order valence-corrected chi connectivity index (χ1v) is 8.01. The number of rotatable bonds is 2. The lowest BCUT2D eigenvalue weighted by atomic mass is 10.1. The van der Waals surface area contributed by atoms with E-state index < -0.39 is 0 Å². The molecule has 0 aliphatic rings. The molecule has 4 rings (SSSR count). The van der Waals surface area contributed by atoms with Crippen LogP contribution < -0.4 is 5.32 Å². The molecule has 2 aromatic carbocycles. The Morgan fingerprint density at radius 3 is 2.83 bits per heavy atom. The van der Waals surface area contributed by atoms with Gasteiger partial charge in [0.2, 0.25) is 0 Å². The summed E-state index contributed by atoms with van der Waals surface area (Å²) in [5.74, 6) is 0.939. The number of nitrogens with one attached hydrogen (secondary N) is 1. The molecule has 0 spiro atoms. The van der Waals surface area contributed by atoms with Crippen molar-refractivity contribution in [2.75, 3.05) is 5.32 Å². The Balaban J connectivity index is 2.00. The second kappa shape index (κ2) is 5.31. The average Bonchev–Trinajstić information content (AvgIpc) is 2.97. The highest BCUT2D eigenvalue weighted by Gasteiger charge is 2.13. The third-order valence-electron chi connectivity index (χ3n) is 3.88. The second-order valence-electron chi connectivity index (χ2n) is 5.47. The minimum Gasteiger partial charge on any atom is -0.352 e. The molecule has 2 aromatic heterocycles. The molecular formula is C17H14BrN5. The van der Waals surface area contributed by atoms with Crippen LogP contribution in [-0.4, -0.2) is 19.5 Å². The summed E-state index contributed by atoms with van der Waals surface area (Å²) < 4.78 is 3.02. The first kappa shape index (κ1) is 14.1. The standard InChI is InChI=1S/C17H14BrN5/c1-10-21-15-11(8-23(10)2)6-14-16(20-9-19-14)17(15)22-13-5-3-4-12(18)7-13/h3-9,22H,1-2H3. The molecule has 5 nitrogen and oxygen atoms in total. The van der Waals surface area contributed by atoms with Crippen LogP contribution in [0.25, 0.3) is 21.9 Å². The van der Waals surface area contributed by atoms with E-state index >= 15 is 0 Å². The van der Waals surface area contributed by atoms with Crippen LogP contribution in [0.2, 0.25) is 0 Å². The maximum atomic E-state index is 4.74. The molecule has 0 amide bonds. The zero-order valence-electron chi connectivity index (χ0n) is 12.7. The van der Waals surface area contributed by atoms with Crippen LogP contribution in [0.15, 0.2) is 47.3 Å². The molecule has 0 saturated carbocycles. The first-order valence-electron chi connectivity index (χ1n) is 7.22. The fraction of sp³-hybridized carbons (Fsp3) is 0.118. The SMILES string of the molecule is Cc1nc2c(Nc3cccc(Br)c3)c3ncnc3cc2cn1C. The fourth-order valence-electron chi connectivity index (χ4n) is 2.64. The Bertz CT molecular complexity index is 1040. The fourth-order valence-corrected chi connectivity index (χ4v) is 3.04. The zero-order chi connectivity index (χ0) is 16.0. The maximum absolute atomic E-state index is 4.74. The van der Waals surface area contributed by atoms with Gasteiger partial charge in [-0.1, -0.05) is 22.0 Å². The number of anilines is 2. The summed E-state index contributed by atoms with van der Waals surface area (Å²) in [5, 5.41) is 4.49. The van der Waals surface area contributed by atoms with Gasteiger partial charge in [0.15, 0.2) is 0 Å². The van der Waals surface area contributed by atoms with Crippen molar-refractivity contribution in [2.24, 2.45) is 7.05 Å². The lowest BCUT2D eigenvalue weighted by Gasteiger charge is -2.13. The quantitative estimate of drug-likeness (QED) is 0.572. The molecule has 2 heterocycles. The summed E-state index contributed by atoms with van der Waals surface area (Å²) in [5.41, 5.74) is 4.45. The molecule has 0 atom stereocenters. The summed E-state index contributed by atoms with van der Waals surface area (Å²) in [6, 6.07) is 10.0. The van der Waals surface area contributed by atoms with E-state index in [9.17, 15) is 0 Å². The van der Waals surface area contributed by atoms with Gasteiger partial charge in [0.1, 0.15) is 17.7 Å². The molecule has 0 aliphatic carbocycles. The van der Waals surface area contributed by atoms with Crippen molar-refractivity contribution in [1.29, 1.82) is 0 Å². The lowest BCUT2D eigenvalue weighted by Crippen LogP contribution is -2.02. The third kappa shape index (κ3) is 2.45. The largest absolute Gasteiger partial charge is 0.352 e. The summed E-state index contributed by atoms with van der Waals surface area (Å²) in [6.07, 6.45) is 3.65. The Hall–Kier alpha value is -2.47. The molecule has 23 heavy (non-hydrogen) atoms. The Labute approximate surface area is 141 Å². The van der Waals surface area contributed by atoms with Gasteiger partial charge < -0.3 is 9.88 Å². The summed E-state index contributed by atoms with van der Waals surface area (Å²) >= 11 is 3.50. The molecular weight excluding hydrogens is 354 g/mol. The Morgan fingerprint density at radius 2 is 2.00 bits per heavy atom. The Kier molecular flexibility index (Phi) is 3.27. The van der Waals surface area contributed by atoms with Crippen molar-refractivity contribution in [3.63, 3.8) is 0 Å². The molecule has 0 unspecified atom stereocenters. The van der Waals surface area contributed by atoms with E-state index in [1.807, 2.05) is 48.9 Å². The van der Waals surface area contributed by atoms with Gasteiger partial charge >= 0.3 is 0 Å². The van der Waals surface area contributed by atoms with E-state index in [1.165, 1.54) is 0 Å². The van der Waals surface area contributed by atoms with Gasteiger partial charge in [-0.3, -0.25) is 0 Å². The van der Waals surface area contributed by atoms with Gasteiger partial charge in [0, 0.05) is 28.8 Å². The average molecular weight is 368 g/mol. The maximum Gasteiger partial charge on any atom is 0.117 e. The van der Waals surface area contributed by atoms with Crippen LogP contribution >= 0.6 is 15.9 Å². The third-order valence-corrected chi connectivity index (χ3v) is 4.37. The van der Waals surface area contributed by atoms with E-state index in [-0.39, 0.29) is 0 Å². The van der Waals surface area contributed by atoms with E-state index in [1.54, 1.807) is 6.33 Å². The van der Waals surface area contributed by atoms with E-state index in [4.69, 9.17) is 4.98 Å². The van der Waals surface area contributed by atoms with Crippen LogP contribution in [0.1, 0.15) is 5.82 Å². The van der Waals surface area contributed by atoms with E-state index in [2.05, 4.69) is 37.4 Å². The highest BCUT2D eigenvalue weighted by Crippen LogP contribution is 2.32. The molecule has 0 aliphatic heterocycles. The van der Waals surface area contributed by atoms with Crippen molar-refractivity contribution in [3.05, 3.63) is 53.2 Å². The molecule has 0 saturated heterocycles. The van der Waals surface area contributed by atoms with Gasteiger partial charge in [0.05, 0.1) is 16.7 Å². The molecule has 0 bridgehead atoms. The van der Waals surface area contributed by atoms with Crippen LogP contribution in [0.5, 0.6) is 0 Å². The van der Waals surface area contributed by atoms with Crippen LogP contribution in [0.4, 0.5) is 11.4 Å². The van der Waals surface area contributed by atoms with Crippen LogP contribution in [0.3, 0.4) is 0 Å². The normalized spacial score (nSPS) is 11.3. The minimum atomic E-state index is 0.832. The van der Waals surface area contributed by atoms with Crippen molar-refractivity contribution < 1.29 is 0 Å². The highest BCUT2D eigenvalue weighted by atomic mass is 79.9. The monoisotopic (exact) mass is 367 g/mol. The molecule has 6 heteroatoms. The number of imidazole rings is 1. The van der Waals surface area contributed by atoms with Crippen molar-refractivity contribution >= 4 is 49.2 Å². The number of hydrogen-bond acceptors (Lipinski definition) is 4. The number of nitrogens with zero attached hydrogens (tertiary/aromatic N) is 4. The number of halogens is 1. The van der Waals surface area contributed by atoms with Crippen molar-refractivity contribution in [1.82, 2.24) is 19.5 Å². The summed E-state index contributed by atoms with van der Waals surface area (Å²) in [7, 11) is 1.99. The van der Waals surface area contributed by atoms with Crippen molar-refractivity contribution in [2.45, 2.75) is 6.92 Å². The van der Waals surface area contributed by atoms with Crippen LogP contribution in [-0.2, 0) is 7.05 Å². The topological polar surface area (TPSA) is 55.6 Å². The molecule has 114 valence electrons. The molecule has 4 aromatic rings. The Morgan fingerprint density at radius 1 is 1.13 bits per heavy atom. The summed E-state index contributed by atoms with van der Waals surface area (Å²) in [4.78, 5) is 13.5. The number of benzene rings is 2. The predicted octanol–water partition coefficient (Wildman–Crippen LogP) is 4.33. The first-order chi connectivity index (χ1) is 11.1.